The number of fused-ring (bicyclic) bond motifs is 3. The zero-order chi connectivity index (χ0) is 23.1. The monoisotopic (exact) mass is 445 g/mol. The second-order valence-corrected chi connectivity index (χ2v) is 8.54. The van der Waals surface area contributed by atoms with E-state index in [9.17, 15) is 8.78 Å². The Morgan fingerprint density at radius 3 is 1.59 bits per heavy atom. The summed E-state index contributed by atoms with van der Waals surface area (Å²) in [6.45, 7) is 0. The molecule has 0 atom stereocenters. The maximum absolute atomic E-state index is 13.6. The summed E-state index contributed by atoms with van der Waals surface area (Å²) < 4.78 is 27.1. The zero-order valence-electron chi connectivity index (χ0n) is 18.4. The number of benzene rings is 5. The molecule has 0 bridgehead atoms. The first-order valence-corrected chi connectivity index (χ1v) is 11.3. The van der Waals surface area contributed by atoms with Crippen LogP contribution in [0, 0.1) is 11.6 Å². The largest absolute Gasteiger partial charge is 0.310 e. The van der Waals surface area contributed by atoms with Gasteiger partial charge >= 0.3 is 0 Å². The fourth-order valence-corrected chi connectivity index (χ4v) is 4.73. The van der Waals surface area contributed by atoms with Gasteiger partial charge in [-0.25, -0.2) is 8.78 Å². The van der Waals surface area contributed by atoms with Gasteiger partial charge in [0.2, 0.25) is 0 Å². The fourth-order valence-electron chi connectivity index (χ4n) is 4.73. The van der Waals surface area contributed by atoms with E-state index in [2.05, 4.69) is 54.6 Å². The Bertz CT molecular complexity index is 1420. The van der Waals surface area contributed by atoms with Crippen LogP contribution in [-0.2, 0) is 6.42 Å². The first-order chi connectivity index (χ1) is 16.7. The lowest BCUT2D eigenvalue weighted by molar-refractivity contribution is 0.628. The summed E-state index contributed by atoms with van der Waals surface area (Å²) in [7, 11) is 0. The lowest BCUT2D eigenvalue weighted by Crippen LogP contribution is -2.09. The van der Waals surface area contributed by atoms with E-state index in [1.54, 1.807) is 24.3 Å². The van der Waals surface area contributed by atoms with Crippen LogP contribution in [0.5, 0.6) is 0 Å². The summed E-state index contributed by atoms with van der Waals surface area (Å²) in [5, 5.41) is 0. The van der Waals surface area contributed by atoms with Crippen molar-refractivity contribution in [2.45, 2.75) is 6.42 Å². The molecule has 5 aromatic carbocycles. The predicted octanol–water partition coefficient (Wildman–Crippen LogP) is 8.67. The van der Waals surface area contributed by atoms with Crippen molar-refractivity contribution >= 4 is 17.1 Å². The molecule has 0 N–H and O–H groups in total. The summed E-state index contributed by atoms with van der Waals surface area (Å²) in [6, 6.07) is 36.2. The van der Waals surface area contributed by atoms with Crippen LogP contribution in [0.25, 0.3) is 22.3 Å². The highest BCUT2D eigenvalue weighted by Gasteiger charge is 2.18. The van der Waals surface area contributed by atoms with E-state index in [4.69, 9.17) is 0 Å². The standard InChI is InChI=1S/C31H21F2N/c32-25-9-15-28(16-10-25)34(29-17-11-26(33)12-18-29)27-13-7-21(8-14-27)22-5-6-24-19-23-3-1-2-4-30(23)31(24)20-22/h1-18,20H,19H2. The van der Waals surface area contributed by atoms with E-state index in [1.165, 1.54) is 46.5 Å². The number of halogens is 2. The van der Waals surface area contributed by atoms with E-state index in [-0.39, 0.29) is 11.6 Å². The second kappa shape index (κ2) is 8.27. The molecule has 0 unspecified atom stereocenters. The molecule has 0 amide bonds. The van der Waals surface area contributed by atoms with Crippen molar-refractivity contribution in [2.75, 3.05) is 4.90 Å². The van der Waals surface area contributed by atoms with Gasteiger partial charge in [-0.15, -0.1) is 0 Å². The molecule has 0 heterocycles. The van der Waals surface area contributed by atoms with E-state index in [0.29, 0.717) is 0 Å². The molecule has 34 heavy (non-hydrogen) atoms. The summed E-state index contributed by atoms with van der Waals surface area (Å²) in [5.41, 5.74) is 10.1. The summed E-state index contributed by atoms with van der Waals surface area (Å²) in [4.78, 5) is 1.99. The highest BCUT2D eigenvalue weighted by atomic mass is 19.1. The smallest absolute Gasteiger partial charge is 0.123 e. The van der Waals surface area contributed by atoms with Gasteiger partial charge in [-0.05, 0) is 107 Å². The third kappa shape index (κ3) is 3.65. The van der Waals surface area contributed by atoms with Crippen LogP contribution >= 0.6 is 0 Å². The van der Waals surface area contributed by atoms with Crippen LogP contribution in [0.4, 0.5) is 25.8 Å². The lowest BCUT2D eigenvalue weighted by Gasteiger charge is -2.25. The van der Waals surface area contributed by atoms with Crippen molar-refractivity contribution in [3.8, 4) is 22.3 Å². The molecule has 164 valence electrons. The molecule has 1 nitrogen and oxygen atoms in total. The molecule has 0 saturated heterocycles. The van der Waals surface area contributed by atoms with Gasteiger partial charge in [-0.1, -0.05) is 48.5 Å². The van der Waals surface area contributed by atoms with Crippen molar-refractivity contribution in [3.05, 3.63) is 138 Å². The zero-order valence-corrected chi connectivity index (χ0v) is 18.4. The maximum atomic E-state index is 13.6. The van der Waals surface area contributed by atoms with E-state index in [1.807, 2.05) is 17.0 Å². The van der Waals surface area contributed by atoms with Crippen LogP contribution in [0.15, 0.2) is 115 Å². The third-order valence-corrected chi connectivity index (χ3v) is 6.43. The number of nitrogens with zero attached hydrogens (tertiary/aromatic N) is 1. The van der Waals surface area contributed by atoms with Crippen molar-refractivity contribution in [1.29, 1.82) is 0 Å². The average Bonchev–Trinajstić information content (AvgIpc) is 3.25. The predicted molar refractivity (Wildman–Crippen MR) is 135 cm³/mol. The molecule has 1 aliphatic rings. The van der Waals surface area contributed by atoms with Gasteiger partial charge in [0.05, 0.1) is 0 Å². The Hall–Kier alpha value is -4.24. The molecule has 0 aromatic heterocycles. The topological polar surface area (TPSA) is 3.24 Å². The molecule has 5 aromatic rings. The number of rotatable bonds is 4. The molecule has 0 fully saturated rings. The molecule has 0 saturated carbocycles. The van der Waals surface area contributed by atoms with E-state index >= 15 is 0 Å². The molecular formula is C31H21F2N. The first kappa shape index (κ1) is 20.4. The fraction of sp³-hybridized carbons (Fsp3) is 0.0323. The van der Waals surface area contributed by atoms with Gasteiger partial charge in [-0.3, -0.25) is 0 Å². The number of hydrogen-bond donors (Lipinski definition) is 0. The van der Waals surface area contributed by atoms with Crippen molar-refractivity contribution in [3.63, 3.8) is 0 Å². The van der Waals surface area contributed by atoms with Gasteiger partial charge in [0.15, 0.2) is 0 Å². The number of hydrogen-bond acceptors (Lipinski definition) is 1. The highest BCUT2D eigenvalue weighted by Crippen LogP contribution is 2.40. The van der Waals surface area contributed by atoms with Crippen LogP contribution in [0.3, 0.4) is 0 Å². The van der Waals surface area contributed by atoms with E-state index in [0.717, 1.165) is 34.6 Å². The summed E-state index contributed by atoms with van der Waals surface area (Å²) >= 11 is 0. The Morgan fingerprint density at radius 2 is 0.971 bits per heavy atom. The highest BCUT2D eigenvalue weighted by molar-refractivity contribution is 5.83. The SMILES string of the molecule is Fc1ccc(N(c2ccc(F)cc2)c2ccc(-c3ccc4c(c3)-c3ccccc3C4)cc2)cc1. The summed E-state index contributed by atoms with van der Waals surface area (Å²) in [6.07, 6.45) is 0.981. The molecule has 0 aliphatic heterocycles. The first-order valence-electron chi connectivity index (χ1n) is 11.3. The minimum absolute atomic E-state index is 0.295. The van der Waals surface area contributed by atoms with Crippen molar-refractivity contribution < 1.29 is 8.78 Å². The lowest BCUT2D eigenvalue weighted by atomic mass is 9.98. The molecular weight excluding hydrogens is 424 g/mol. The van der Waals surface area contributed by atoms with Gasteiger partial charge in [0.25, 0.3) is 0 Å². The Kier molecular flexibility index (Phi) is 4.96. The Balaban J connectivity index is 1.38. The normalized spacial score (nSPS) is 11.7. The van der Waals surface area contributed by atoms with Gasteiger partial charge < -0.3 is 4.90 Å². The van der Waals surface area contributed by atoms with Crippen LogP contribution in [-0.4, -0.2) is 0 Å². The third-order valence-electron chi connectivity index (χ3n) is 6.43. The van der Waals surface area contributed by atoms with Crippen molar-refractivity contribution in [1.82, 2.24) is 0 Å². The van der Waals surface area contributed by atoms with Gasteiger partial charge in [0.1, 0.15) is 11.6 Å². The summed E-state index contributed by atoms with van der Waals surface area (Å²) in [5.74, 6) is -0.590. The average molecular weight is 446 g/mol. The van der Waals surface area contributed by atoms with Crippen LogP contribution < -0.4 is 4.90 Å². The quantitative estimate of drug-likeness (QED) is 0.262. The van der Waals surface area contributed by atoms with Crippen LogP contribution in [0.2, 0.25) is 0 Å². The number of anilines is 3. The Morgan fingerprint density at radius 1 is 0.471 bits per heavy atom. The minimum Gasteiger partial charge on any atom is -0.310 e. The minimum atomic E-state index is -0.295. The van der Waals surface area contributed by atoms with Gasteiger partial charge in [-0.2, -0.15) is 0 Å². The molecule has 1 aliphatic carbocycles. The van der Waals surface area contributed by atoms with Crippen molar-refractivity contribution in [2.24, 2.45) is 0 Å². The Labute approximate surface area is 197 Å². The van der Waals surface area contributed by atoms with Gasteiger partial charge in [0, 0.05) is 17.1 Å². The van der Waals surface area contributed by atoms with Crippen LogP contribution in [0.1, 0.15) is 11.1 Å². The second-order valence-electron chi connectivity index (χ2n) is 8.54. The molecule has 6 rings (SSSR count). The molecule has 0 spiro atoms. The molecule has 0 radical (unpaired) electrons. The van der Waals surface area contributed by atoms with E-state index < -0.39 is 0 Å². The maximum Gasteiger partial charge on any atom is 0.123 e. The molecule has 3 heteroatoms.